The minimum absolute atomic E-state index is 0.583. The van der Waals surface area contributed by atoms with E-state index < -0.39 is 0 Å². The molecule has 5 nitrogen and oxygen atoms in total. The minimum Gasteiger partial charge on any atom is -0.364 e. The lowest BCUT2D eigenvalue weighted by atomic mass is 9.59. The first-order valence-electron chi connectivity index (χ1n) is 14.1. The molecule has 1 fully saturated rings. The molecule has 1 aromatic heterocycles. The second kappa shape index (κ2) is 14.3. The van der Waals surface area contributed by atoms with Crippen molar-refractivity contribution in [2.75, 3.05) is 19.4 Å². The van der Waals surface area contributed by atoms with E-state index in [0.717, 1.165) is 50.6 Å². The molecule has 1 atom stereocenters. The van der Waals surface area contributed by atoms with Crippen molar-refractivity contribution >= 4 is 18.0 Å². The number of aryl methyl sites for hydroxylation is 1. The topological polar surface area (TPSA) is 64.8 Å². The van der Waals surface area contributed by atoms with Crippen LogP contribution >= 0.6 is 0 Å². The van der Waals surface area contributed by atoms with Gasteiger partial charge < -0.3 is 10.2 Å². The average molecular weight is 516 g/mol. The molecule has 0 aliphatic heterocycles. The summed E-state index contributed by atoms with van der Waals surface area (Å²) in [6, 6.07) is 8.82. The van der Waals surface area contributed by atoms with E-state index in [1.807, 2.05) is 58.0 Å². The molecule has 0 bridgehead atoms. The fourth-order valence-electron chi connectivity index (χ4n) is 5.41. The van der Waals surface area contributed by atoms with E-state index in [0.29, 0.717) is 17.5 Å². The minimum atomic E-state index is 0.583. The number of hydrogen-bond donors (Lipinski definition) is 1. The largest absolute Gasteiger partial charge is 0.364 e. The van der Waals surface area contributed by atoms with Crippen molar-refractivity contribution in [2.24, 2.45) is 11.3 Å². The number of rotatable bonds is 9. The van der Waals surface area contributed by atoms with E-state index in [9.17, 15) is 0 Å². The van der Waals surface area contributed by atoms with Crippen molar-refractivity contribution in [3.05, 3.63) is 63.2 Å². The van der Waals surface area contributed by atoms with Crippen LogP contribution in [0.3, 0.4) is 0 Å². The summed E-state index contributed by atoms with van der Waals surface area (Å²) in [5.41, 5.74) is 5.29. The summed E-state index contributed by atoms with van der Waals surface area (Å²) in [6.45, 7) is 19.5. The summed E-state index contributed by atoms with van der Waals surface area (Å²) in [4.78, 5) is 2.39. The number of nitriles is 1. The third kappa shape index (κ3) is 8.01. The monoisotopic (exact) mass is 515 g/mol. The molecule has 1 N–H and O–H groups in total. The van der Waals surface area contributed by atoms with Gasteiger partial charge in [-0.2, -0.15) is 10.4 Å². The molecule has 0 saturated heterocycles. The van der Waals surface area contributed by atoms with Gasteiger partial charge in [0.05, 0.1) is 17.3 Å². The molecule has 0 spiro atoms. The Balaban J connectivity index is 0.000000308. The van der Waals surface area contributed by atoms with E-state index in [-0.39, 0.29) is 0 Å². The first kappa shape index (κ1) is 31.2. The molecule has 5 heteroatoms. The van der Waals surface area contributed by atoms with Gasteiger partial charge in [0.1, 0.15) is 0 Å². The van der Waals surface area contributed by atoms with Gasteiger partial charge >= 0.3 is 0 Å². The van der Waals surface area contributed by atoms with Gasteiger partial charge in [0, 0.05) is 23.0 Å². The highest BCUT2D eigenvalue weighted by Crippen LogP contribution is 2.50. The predicted molar refractivity (Wildman–Crippen MR) is 162 cm³/mol. The third-order valence-corrected chi connectivity index (χ3v) is 8.22. The summed E-state index contributed by atoms with van der Waals surface area (Å²) >= 11 is 0. The Kier molecular flexibility index (Phi) is 11.7. The van der Waals surface area contributed by atoms with Gasteiger partial charge in [-0.3, -0.25) is 0 Å². The molecule has 206 valence electrons. The van der Waals surface area contributed by atoms with Crippen LogP contribution in [0.1, 0.15) is 89.1 Å². The van der Waals surface area contributed by atoms with Crippen LogP contribution in [-0.4, -0.2) is 35.2 Å². The number of nitrogens with one attached hydrogen (secondary N) is 1. The normalized spacial score (nSPS) is 20.3. The van der Waals surface area contributed by atoms with Gasteiger partial charge in [0.2, 0.25) is 0 Å². The van der Waals surface area contributed by atoms with Crippen molar-refractivity contribution < 1.29 is 0 Å². The first-order valence-corrected chi connectivity index (χ1v) is 14.1. The standard InChI is InChI=1S/C20H22N4.C13H27N/c1-6-18-15(5)23-24-20(19(18)10-13(2)3)22-12-17-9-7-8-16(11-21)14(17)4;1-6-11(3)8-13(7-2)9-12(10-13)14(4)5/h6-10H,2,12H2,1,3-5H3,(H,22,24);11-12H,6-10H2,1-5H3/b18-6-,19-10+;. The van der Waals surface area contributed by atoms with Crippen LogP contribution in [0.2, 0.25) is 0 Å². The van der Waals surface area contributed by atoms with E-state index in [2.05, 4.69) is 67.9 Å². The Morgan fingerprint density at radius 2 is 1.92 bits per heavy atom. The van der Waals surface area contributed by atoms with Crippen LogP contribution in [0.25, 0.3) is 12.2 Å². The van der Waals surface area contributed by atoms with E-state index >= 15 is 0 Å². The Labute approximate surface area is 231 Å². The quantitative estimate of drug-likeness (QED) is 0.426. The maximum Gasteiger partial charge on any atom is 0.156 e. The fourth-order valence-corrected chi connectivity index (χ4v) is 5.41. The third-order valence-electron chi connectivity index (χ3n) is 8.22. The van der Waals surface area contributed by atoms with Crippen LogP contribution in [-0.2, 0) is 6.54 Å². The van der Waals surface area contributed by atoms with Crippen molar-refractivity contribution in [3.63, 3.8) is 0 Å². The fraction of sp³-hybridized carbons (Fsp3) is 0.545. The number of nitrogens with zero attached hydrogens (tertiary/aromatic N) is 4. The lowest BCUT2D eigenvalue weighted by Gasteiger charge is -2.51. The highest BCUT2D eigenvalue weighted by atomic mass is 15.2. The van der Waals surface area contributed by atoms with Gasteiger partial charge in [-0.25, -0.2) is 0 Å². The number of benzene rings is 1. The molecule has 1 aliphatic carbocycles. The summed E-state index contributed by atoms with van der Waals surface area (Å²) in [5.74, 6) is 1.64. The Morgan fingerprint density at radius 1 is 1.24 bits per heavy atom. The van der Waals surface area contributed by atoms with E-state index in [4.69, 9.17) is 5.26 Å². The smallest absolute Gasteiger partial charge is 0.156 e. The molecule has 38 heavy (non-hydrogen) atoms. The number of anilines is 1. The number of aromatic nitrogens is 2. The zero-order valence-corrected chi connectivity index (χ0v) is 25.3. The van der Waals surface area contributed by atoms with Crippen LogP contribution < -0.4 is 15.8 Å². The maximum absolute atomic E-state index is 9.16. The molecule has 0 amide bonds. The van der Waals surface area contributed by atoms with E-state index in [1.54, 1.807) is 0 Å². The molecule has 2 aromatic rings. The molecule has 1 saturated carbocycles. The average Bonchev–Trinajstić information content (AvgIpc) is 2.86. The summed E-state index contributed by atoms with van der Waals surface area (Å²) in [6.07, 6.45) is 11.1. The molecule has 1 aromatic carbocycles. The van der Waals surface area contributed by atoms with Gasteiger partial charge in [-0.05, 0) is 95.7 Å². The first-order chi connectivity index (χ1) is 18.0. The van der Waals surface area contributed by atoms with Crippen molar-refractivity contribution in [1.82, 2.24) is 15.1 Å². The van der Waals surface area contributed by atoms with Crippen molar-refractivity contribution in [3.8, 4) is 6.07 Å². The van der Waals surface area contributed by atoms with Crippen LogP contribution in [0.4, 0.5) is 5.82 Å². The molecule has 0 radical (unpaired) electrons. The zero-order valence-electron chi connectivity index (χ0n) is 25.3. The SMILES string of the molecule is C=C(C)/C=c1/c(NCc2cccc(C#N)c2C)nnc(C)/c1=C/C.CCC(C)CC1(CC)CC(N(C)C)C1. The molecule has 1 aliphatic rings. The van der Waals surface area contributed by atoms with Crippen LogP contribution in [0, 0.1) is 36.5 Å². The van der Waals surface area contributed by atoms with Gasteiger partial charge in [-0.15, -0.1) is 5.10 Å². The Morgan fingerprint density at radius 3 is 2.45 bits per heavy atom. The highest BCUT2D eigenvalue weighted by molar-refractivity contribution is 5.53. The zero-order chi connectivity index (χ0) is 28.5. The summed E-state index contributed by atoms with van der Waals surface area (Å²) in [7, 11) is 4.43. The van der Waals surface area contributed by atoms with Gasteiger partial charge in [-0.1, -0.05) is 64.0 Å². The molecule has 1 unspecified atom stereocenters. The van der Waals surface area contributed by atoms with Crippen LogP contribution in [0.5, 0.6) is 0 Å². The summed E-state index contributed by atoms with van der Waals surface area (Å²) in [5, 5.41) is 23.1. The second-order valence-electron chi connectivity index (χ2n) is 11.4. The molecular weight excluding hydrogens is 466 g/mol. The van der Waals surface area contributed by atoms with Crippen molar-refractivity contribution in [2.45, 2.75) is 93.2 Å². The Hall–Kier alpha value is -2.97. The van der Waals surface area contributed by atoms with Gasteiger partial charge in [0.25, 0.3) is 0 Å². The summed E-state index contributed by atoms with van der Waals surface area (Å²) < 4.78 is 0. The van der Waals surface area contributed by atoms with Gasteiger partial charge in [0.15, 0.2) is 5.82 Å². The lowest BCUT2D eigenvalue weighted by Crippen LogP contribution is -2.48. The molecule has 3 rings (SSSR count). The highest BCUT2D eigenvalue weighted by Gasteiger charge is 2.43. The van der Waals surface area contributed by atoms with Crippen molar-refractivity contribution in [1.29, 1.82) is 5.26 Å². The second-order valence-corrected chi connectivity index (χ2v) is 11.4. The van der Waals surface area contributed by atoms with E-state index in [1.165, 1.54) is 32.1 Å². The molecule has 1 heterocycles. The number of allylic oxidation sites excluding steroid dienone is 1. The maximum atomic E-state index is 9.16. The molecular formula is C33H49N5. The van der Waals surface area contributed by atoms with Crippen LogP contribution in [0.15, 0.2) is 30.4 Å². The predicted octanol–water partition coefficient (Wildman–Crippen LogP) is 6.28. The Bertz CT molecular complexity index is 1250. The number of hydrogen-bond acceptors (Lipinski definition) is 5. The lowest BCUT2D eigenvalue weighted by molar-refractivity contribution is 0.00234.